The van der Waals surface area contributed by atoms with Crippen LogP contribution < -0.4 is 0 Å². The van der Waals surface area contributed by atoms with Crippen LogP contribution in [0.3, 0.4) is 0 Å². The minimum Gasteiger partial charge on any atom is -0.298 e. The lowest BCUT2D eigenvalue weighted by atomic mass is 10.1. The largest absolute Gasteiger partial charge is 0.298 e. The third kappa shape index (κ3) is 1.43. The molecule has 0 aliphatic heterocycles. The van der Waals surface area contributed by atoms with Crippen LogP contribution in [0, 0.1) is 0 Å². The first kappa shape index (κ1) is 9.24. The minimum absolute atomic E-state index is 0.709. The number of carbonyl (C=O) groups excluding carboxylic acids is 1. The number of benzene rings is 1. The summed E-state index contributed by atoms with van der Waals surface area (Å²) in [5.41, 5.74) is 0.709. The normalized spacial score (nSPS) is 10.6. The number of halogens is 1. The molecule has 1 aromatic carbocycles. The maximum atomic E-state index is 10.7. The van der Waals surface area contributed by atoms with Crippen LogP contribution in [0.15, 0.2) is 26.9 Å². The van der Waals surface area contributed by atoms with Crippen LogP contribution in [-0.2, 0) is 0 Å². The van der Waals surface area contributed by atoms with E-state index in [1.807, 2.05) is 11.4 Å². The summed E-state index contributed by atoms with van der Waals surface area (Å²) in [4.78, 5) is 11.7. The van der Waals surface area contributed by atoms with Gasteiger partial charge in [0.25, 0.3) is 0 Å². The Balaban J connectivity index is 2.96. The fourth-order valence-corrected chi connectivity index (χ4v) is 3.28. The van der Waals surface area contributed by atoms with Gasteiger partial charge in [-0.25, -0.2) is 0 Å². The van der Waals surface area contributed by atoms with Crippen LogP contribution >= 0.6 is 39.9 Å². The Labute approximate surface area is 93.3 Å². The van der Waals surface area contributed by atoms with Crippen molar-refractivity contribution in [2.24, 2.45) is 0 Å². The molecule has 0 unspecified atom stereocenters. The smallest absolute Gasteiger partial charge is 0.150 e. The Kier molecular flexibility index (Phi) is 2.45. The van der Waals surface area contributed by atoms with E-state index >= 15 is 0 Å². The fourth-order valence-electron chi connectivity index (χ4n) is 1.22. The summed E-state index contributed by atoms with van der Waals surface area (Å²) < 4.78 is 2.02. The van der Waals surface area contributed by atoms with Crippen LogP contribution in [0.25, 0.3) is 10.1 Å². The summed E-state index contributed by atoms with van der Waals surface area (Å²) in [5.74, 6) is 0. The molecule has 0 aliphatic rings. The lowest BCUT2D eigenvalue weighted by Crippen LogP contribution is -1.80. The average Bonchev–Trinajstić information content (AvgIpc) is 2.51. The number of hydrogen-bond acceptors (Lipinski definition) is 3. The van der Waals surface area contributed by atoms with Crippen molar-refractivity contribution in [3.63, 3.8) is 0 Å². The molecule has 0 spiro atoms. The van der Waals surface area contributed by atoms with Crippen molar-refractivity contribution in [1.82, 2.24) is 0 Å². The number of carbonyl (C=O) groups is 1. The van der Waals surface area contributed by atoms with Crippen molar-refractivity contribution >= 4 is 56.3 Å². The SMILES string of the molecule is O=Cc1ccc(S)c2scc(Br)c12. The fraction of sp³-hybridized carbons (Fsp3) is 0. The average molecular weight is 273 g/mol. The number of fused-ring (bicyclic) bond motifs is 1. The van der Waals surface area contributed by atoms with Gasteiger partial charge >= 0.3 is 0 Å². The highest BCUT2D eigenvalue weighted by Gasteiger charge is 2.08. The van der Waals surface area contributed by atoms with Gasteiger partial charge in [0, 0.05) is 30.4 Å². The third-order valence-electron chi connectivity index (χ3n) is 1.82. The van der Waals surface area contributed by atoms with Gasteiger partial charge in [-0.2, -0.15) is 0 Å². The van der Waals surface area contributed by atoms with Crippen molar-refractivity contribution < 1.29 is 4.79 Å². The zero-order chi connectivity index (χ0) is 9.42. The maximum absolute atomic E-state index is 10.7. The van der Waals surface area contributed by atoms with Crippen LogP contribution in [0.1, 0.15) is 10.4 Å². The summed E-state index contributed by atoms with van der Waals surface area (Å²) in [6.07, 6.45) is 0.868. The summed E-state index contributed by atoms with van der Waals surface area (Å²) in [6.45, 7) is 0. The predicted molar refractivity (Wildman–Crippen MR) is 62.2 cm³/mol. The van der Waals surface area contributed by atoms with Gasteiger partial charge in [0.2, 0.25) is 0 Å². The first-order chi connectivity index (χ1) is 6.24. The monoisotopic (exact) mass is 272 g/mol. The van der Waals surface area contributed by atoms with Crippen molar-refractivity contribution in [1.29, 1.82) is 0 Å². The van der Waals surface area contributed by atoms with Crippen LogP contribution in [0.2, 0.25) is 0 Å². The summed E-state index contributed by atoms with van der Waals surface area (Å²) in [5, 5.41) is 2.93. The number of aldehydes is 1. The van der Waals surface area contributed by atoms with Crippen LogP contribution in [0.5, 0.6) is 0 Å². The Morgan fingerprint density at radius 1 is 1.46 bits per heavy atom. The first-order valence-electron chi connectivity index (χ1n) is 3.58. The van der Waals surface area contributed by atoms with Crippen LogP contribution in [0.4, 0.5) is 0 Å². The second kappa shape index (κ2) is 3.44. The lowest BCUT2D eigenvalue weighted by molar-refractivity contribution is 0.112. The Bertz CT molecular complexity index is 476. The molecule has 0 amide bonds. The number of thiophene rings is 1. The van der Waals surface area contributed by atoms with Crippen molar-refractivity contribution in [2.45, 2.75) is 4.90 Å². The number of rotatable bonds is 1. The van der Waals surface area contributed by atoms with Gasteiger partial charge in [0.1, 0.15) is 0 Å². The highest BCUT2D eigenvalue weighted by atomic mass is 79.9. The zero-order valence-corrected chi connectivity index (χ0v) is 9.75. The molecule has 4 heteroatoms. The second-order valence-electron chi connectivity index (χ2n) is 2.58. The van der Waals surface area contributed by atoms with E-state index in [1.165, 1.54) is 0 Å². The molecule has 1 nitrogen and oxygen atoms in total. The molecular weight excluding hydrogens is 268 g/mol. The first-order valence-corrected chi connectivity index (χ1v) is 5.70. The second-order valence-corrected chi connectivity index (χ2v) is 4.80. The van der Waals surface area contributed by atoms with E-state index in [0.29, 0.717) is 5.56 Å². The summed E-state index contributed by atoms with van der Waals surface area (Å²) in [6, 6.07) is 3.63. The van der Waals surface area contributed by atoms with E-state index in [9.17, 15) is 4.79 Å². The van der Waals surface area contributed by atoms with Crippen LogP contribution in [-0.4, -0.2) is 6.29 Å². The molecule has 0 N–H and O–H groups in total. The molecule has 0 fully saturated rings. The van der Waals surface area contributed by atoms with Crippen molar-refractivity contribution in [2.75, 3.05) is 0 Å². The van der Waals surface area contributed by atoms with E-state index in [0.717, 1.165) is 25.7 Å². The molecule has 0 atom stereocenters. The highest BCUT2D eigenvalue weighted by Crippen LogP contribution is 2.36. The minimum atomic E-state index is 0.709. The molecule has 0 aliphatic carbocycles. The van der Waals surface area contributed by atoms with E-state index in [4.69, 9.17) is 0 Å². The van der Waals surface area contributed by atoms with Gasteiger partial charge < -0.3 is 0 Å². The van der Waals surface area contributed by atoms with Gasteiger partial charge in [-0.3, -0.25) is 4.79 Å². The molecule has 0 radical (unpaired) electrons. The van der Waals surface area contributed by atoms with E-state index < -0.39 is 0 Å². The molecular formula is C9H5BrOS2. The highest BCUT2D eigenvalue weighted by molar-refractivity contribution is 9.10. The standard InChI is InChI=1S/C9H5BrOS2/c10-6-4-13-9-7(12)2-1-5(3-11)8(6)9/h1-4,12H. The molecule has 1 aromatic heterocycles. The van der Waals surface area contributed by atoms with Gasteiger partial charge in [0.05, 0.1) is 0 Å². The Morgan fingerprint density at radius 3 is 2.92 bits per heavy atom. The van der Waals surface area contributed by atoms with Crippen molar-refractivity contribution in [3.05, 3.63) is 27.5 Å². The molecule has 0 bridgehead atoms. The van der Waals surface area contributed by atoms with Crippen molar-refractivity contribution in [3.8, 4) is 0 Å². The quantitative estimate of drug-likeness (QED) is 0.618. The predicted octanol–water partition coefficient (Wildman–Crippen LogP) is 3.77. The Morgan fingerprint density at radius 2 is 2.23 bits per heavy atom. The molecule has 66 valence electrons. The number of thiol groups is 1. The van der Waals surface area contributed by atoms with E-state index in [1.54, 1.807) is 17.4 Å². The molecule has 0 saturated carbocycles. The maximum Gasteiger partial charge on any atom is 0.150 e. The zero-order valence-electron chi connectivity index (χ0n) is 6.45. The topological polar surface area (TPSA) is 17.1 Å². The van der Waals surface area contributed by atoms with E-state index in [2.05, 4.69) is 28.6 Å². The van der Waals surface area contributed by atoms with Gasteiger partial charge in [0.15, 0.2) is 6.29 Å². The Hall–Kier alpha value is -0.320. The number of hydrogen-bond donors (Lipinski definition) is 1. The third-order valence-corrected chi connectivity index (χ3v) is 4.28. The molecule has 2 aromatic rings. The van der Waals surface area contributed by atoms with E-state index in [-0.39, 0.29) is 0 Å². The van der Waals surface area contributed by atoms with Gasteiger partial charge in [-0.1, -0.05) is 0 Å². The van der Waals surface area contributed by atoms with Gasteiger partial charge in [-0.05, 0) is 28.1 Å². The van der Waals surface area contributed by atoms with Gasteiger partial charge in [-0.15, -0.1) is 24.0 Å². The molecule has 13 heavy (non-hydrogen) atoms. The summed E-state index contributed by atoms with van der Waals surface area (Å²) in [7, 11) is 0. The molecule has 1 heterocycles. The molecule has 2 rings (SSSR count). The molecule has 0 saturated heterocycles. The lowest BCUT2D eigenvalue weighted by Gasteiger charge is -1.97. The summed E-state index contributed by atoms with van der Waals surface area (Å²) >= 11 is 9.32.